The van der Waals surface area contributed by atoms with E-state index in [4.69, 9.17) is 16.0 Å². The van der Waals surface area contributed by atoms with Crippen LogP contribution in [0.4, 0.5) is 0 Å². The predicted molar refractivity (Wildman–Crippen MR) is 63.3 cm³/mol. The van der Waals surface area contributed by atoms with Crippen LogP contribution in [0.1, 0.15) is 34.2 Å². The molecule has 2 aromatic rings. The number of halogens is 1. The van der Waals surface area contributed by atoms with Gasteiger partial charge in [-0.05, 0) is 48.2 Å². The second-order valence-corrected chi connectivity index (χ2v) is 4.48. The maximum Gasteiger partial charge on any atom is 0.207 e. The normalized spacial score (nSPS) is 18.1. The van der Waals surface area contributed by atoms with Crippen molar-refractivity contribution in [1.29, 1.82) is 0 Å². The van der Waals surface area contributed by atoms with Crippen molar-refractivity contribution in [1.82, 2.24) is 4.98 Å². The average Bonchev–Trinajstić information content (AvgIpc) is 2.94. The summed E-state index contributed by atoms with van der Waals surface area (Å²) in [6, 6.07) is 7.12. The van der Waals surface area contributed by atoms with E-state index in [9.17, 15) is 4.79 Å². The molecule has 0 fully saturated rings. The van der Waals surface area contributed by atoms with Gasteiger partial charge >= 0.3 is 0 Å². The first-order valence-corrected chi connectivity index (χ1v) is 5.87. The number of hydrogen-bond donors (Lipinski definition) is 0. The lowest BCUT2D eigenvalue weighted by molar-refractivity contribution is 0.0931. The predicted octanol–water partition coefficient (Wildman–Crippen LogP) is 3.24. The molecule has 0 amide bonds. The van der Waals surface area contributed by atoms with Crippen molar-refractivity contribution >= 4 is 17.4 Å². The van der Waals surface area contributed by atoms with Gasteiger partial charge in [-0.2, -0.15) is 0 Å². The summed E-state index contributed by atoms with van der Waals surface area (Å²) in [7, 11) is 0. The van der Waals surface area contributed by atoms with E-state index >= 15 is 0 Å². The molecule has 0 bridgehead atoms. The van der Waals surface area contributed by atoms with Gasteiger partial charge in [-0.3, -0.25) is 9.78 Å². The van der Waals surface area contributed by atoms with Crippen molar-refractivity contribution < 1.29 is 9.21 Å². The smallest absolute Gasteiger partial charge is 0.207 e. The number of aromatic nitrogens is 1. The van der Waals surface area contributed by atoms with Crippen molar-refractivity contribution in [2.45, 2.75) is 18.8 Å². The molecule has 1 atom stereocenters. The van der Waals surface area contributed by atoms with Gasteiger partial charge in [0.1, 0.15) is 0 Å². The molecule has 0 radical (unpaired) electrons. The van der Waals surface area contributed by atoms with E-state index in [0.29, 0.717) is 5.76 Å². The van der Waals surface area contributed by atoms with E-state index in [-0.39, 0.29) is 16.9 Å². The van der Waals surface area contributed by atoms with Crippen LogP contribution in [0.15, 0.2) is 34.9 Å². The van der Waals surface area contributed by atoms with Crippen molar-refractivity contribution in [2.75, 3.05) is 0 Å². The average molecular weight is 248 g/mol. The maximum atomic E-state index is 12.2. The van der Waals surface area contributed by atoms with Crippen molar-refractivity contribution in [3.05, 3.63) is 52.7 Å². The highest BCUT2D eigenvalue weighted by Gasteiger charge is 2.31. The summed E-state index contributed by atoms with van der Waals surface area (Å²) in [6.45, 7) is 0. The summed E-state index contributed by atoms with van der Waals surface area (Å²) in [5.41, 5.74) is 2.04. The molecule has 3 rings (SSSR count). The number of pyridine rings is 1. The Hall–Kier alpha value is -1.61. The molecule has 2 heterocycles. The molecule has 0 N–H and O–H groups in total. The van der Waals surface area contributed by atoms with E-state index in [2.05, 4.69) is 4.98 Å². The van der Waals surface area contributed by atoms with Gasteiger partial charge < -0.3 is 4.42 Å². The van der Waals surface area contributed by atoms with Crippen LogP contribution < -0.4 is 0 Å². The molecule has 0 aliphatic heterocycles. The number of carbonyl (C=O) groups is 1. The Kier molecular flexibility index (Phi) is 2.48. The molecule has 1 aliphatic carbocycles. The number of ketones is 1. The highest BCUT2D eigenvalue weighted by Crippen LogP contribution is 2.34. The summed E-state index contributed by atoms with van der Waals surface area (Å²) in [5, 5.41) is 0.243. The minimum absolute atomic E-state index is 0.0330. The number of rotatable bonds is 2. The Bertz CT molecular complexity index is 576. The van der Waals surface area contributed by atoms with Gasteiger partial charge in [-0.1, -0.05) is 6.07 Å². The second kappa shape index (κ2) is 4.00. The van der Waals surface area contributed by atoms with E-state index < -0.39 is 0 Å². The van der Waals surface area contributed by atoms with Gasteiger partial charge in [0.25, 0.3) is 0 Å². The summed E-state index contributed by atoms with van der Waals surface area (Å²) in [5.74, 6) is 0.0984. The molecule has 2 aromatic heterocycles. The van der Waals surface area contributed by atoms with E-state index in [0.717, 1.165) is 24.1 Å². The summed E-state index contributed by atoms with van der Waals surface area (Å²) < 4.78 is 5.16. The Labute approximate surface area is 103 Å². The number of carbonyl (C=O) groups excluding carboxylic acids is 1. The molecule has 4 heteroatoms. The minimum atomic E-state index is -0.187. The highest BCUT2D eigenvalue weighted by atomic mass is 35.5. The summed E-state index contributed by atoms with van der Waals surface area (Å²) in [6.07, 6.45) is 3.41. The van der Waals surface area contributed by atoms with Gasteiger partial charge in [-0.15, -0.1) is 0 Å². The Morgan fingerprint density at radius 3 is 3.06 bits per heavy atom. The third kappa shape index (κ3) is 1.76. The number of Topliss-reactive ketones (excluding diaryl/α,β-unsaturated/α-hetero) is 1. The lowest BCUT2D eigenvalue weighted by Crippen LogP contribution is -2.10. The third-order valence-corrected chi connectivity index (χ3v) is 3.29. The van der Waals surface area contributed by atoms with Gasteiger partial charge in [-0.25, -0.2) is 0 Å². The fourth-order valence-electron chi connectivity index (χ4n) is 2.29. The monoisotopic (exact) mass is 247 g/mol. The number of fused-ring (bicyclic) bond motifs is 1. The van der Waals surface area contributed by atoms with E-state index in [1.807, 2.05) is 12.1 Å². The van der Waals surface area contributed by atoms with Crippen LogP contribution in [0.25, 0.3) is 0 Å². The highest BCUT2D eigenvalue weighted by molar-refractivity contribution is 6.29. The zero-order valence-electron chi connectivity index (χ0n) is 9.02. The molecular weight excluding hydrogens is 238 g/mol. The molecule has 17 heavy (non-hydrogen) atoms. The third-order valence-electron chi connectivity index (χ3n) is 3.09. The maximum absolute atomic E-state index is 12.2. The SMILES string of the molecule is O=C(c1ccc(Cl)o1)C1CCc2cccnc21. The van der Waals surface area contributed by atoms with Crippen LogP contribution in [-0.4, -0.2) is 10.8 Å². The molecule has 1 aliphatic rings. The minimum Gasteiger partial charge on any atom is -0.442 e. The van der Waals surface area contributed by atoms with Crippen LogP contribution in [-0.2, 0) is 6.42 Å². The van der Waals surface area contributed by atoms with Gasteiger partial charge in [0, 0.05) is 6.20 Å². The van der Waals surface area contributed by atoms with Crippen molar-refractivity contribution in [3.8, 4) is 0 Å². The second-order valence-electron chi connectivity index (χ2n) is 4.11. The number of nitrogens with zero attached hydrogens (tertiary/aromatic N) is 1. The zero-order chi connectivity index (χ0) is 11.8. The topological polar surface area (TPSA) is 43.1 Å². The lowest BCUT2D eigenvalue weighted by atomic mass is 9.99. The van der Waals surface area contributed by atoms with E-state index in [1.165, 1.54) is 0 Å². The largest absolute Gasteiger partial charge is 0.442 e. The van der Waals surface area contributed by atoms with Crippen LogP contribution in [0.3, 0.4) is 0 Å². The Morgan fingerprint density at radius 1 is 1.41 bits per heavy atom. The molecule has 0 aromatic carbocycles. The van der Waals surface area contributed by atoms with Crippen LogP contribution >= 0.6 is 11.6 Å². The van der Waals surface area contributed by atoms with Gasteiger partial charge in [0.2, 0.25) is 5.78 Å². The standard InChI is InChI=1S/C13H10ClNO2/c14-11-6-5-10(17-11)13(16)9-4-3-8-2-1-7-15-12(8)9/h1-2,5-7,9H,3-4H2. The molecular formula is C13H10ClNO2. The van der Waals surface area contributed by atoms with Crippen LogP contribution in [0.2, 0.25) is 5.22 Å². The molecule has 3 nitrogen and oxygen atoms in total. The summed E-state index contributed by atoms with van der Waals surface area (Å²) >= 11 is 5.68. The molecule has 0 spiro atoms. The summed E-state index contributed by atoms with van der Waals surface area (Å²) in [4.78, 5) is 16.5. The van der Waals surface area contributed by atoms with Crippen molar-refractivity contribution in [3.63, 3.8) is 0 Å². The molecule has 0 saturated carbocycles. The first kappa shape index (κ1) is 10.5. The van der Waals surface area contributed by atoms with Gasteiger partial charge in [0.15, 0.2) is 11.0 Å². The Morgan fingerprint density at radius 2 is 2.29 bits per heavy atom. The molecule has 1 unspecified atom stereocenters. The molecule has 86 valence electrons. The van der Waals surface area contributed by atoms with Crippen LogP contribution in [0, 0.1) is 0 Å². The first-order valence-electron chi connectivity index (χ1n) is 5.49. The molecule has 0 saturated heterocycles. The van der Waals surface area contributed by atoms with Gasteiger partial charge in [0.05, 0.1) is 11.6 Å². The lowest BCUT2D eigenvalue weighted by Gasteiger charge is -2.06. The Balaban J connectivity index is 1.95. The fraction of sp³-hybridized carbons (Fsp3) is 0.231. The van der Waals surface area contributed by atoms with E-state index in [1.54, 1.807) is 18.3 Å². The quantitative estimate of drug-likeness (QED) is 0.765. The zero-order valence-corrected chi connectivity index (χ0v) is 9.78. The fourth-order valence-corrected chi connectivity index (χ4v) is 2.43. The van der Waals surface area contributed by atoms with Crippen LogP contribution in [0.5, 0.6) is 0 Å². The first-order chi connectivity index (χ1) is 8.25. The number of furan rings is 1. The number of hydrogen-bond acceptors (Lipinski definition) is 3. The number of aryl methyl sites for hydroxylation is 1. The van der Waals surface area contributed by atoms with Crippen molar-refractivity contribution in [2.24, 2.45) is 0 Å².